The molecule has 0 spiro atoms. The highest BCUT2D eigenvalue weighted by Crippen LogP contribution is 2.15. The highest BCUT2D eigenvalue weighted by molar-refractivity contribution is 5.78. The molecule has 0 bridgehead atoms. The highest BCUT2D eigenvalue weighted by atomic mass is 16.6. The Balaban J connectivity index is 2.05. The molecule has 0 saturated carbocycles. The van der Waals surface area contributed by atoms with Gasteiger partial charge in [0.05, 0.1) is 23.9 Å². The van der Waals surface area contributed by atoms with Crippen LogP contribution in [0.4, 0.5) is 17.3 Å². The molecule has 1 aromatic heterocycles. The molecule has 108 valence electrons. The molecule has 21 heavy (non-hydrogen) atoms. The minimum Gasteiger partial charge on any atom is -0.390 e. The average Bonchev–Trinajstić information content (AvgIpc) is 2.81. The maximum atomic E-state index is 10.6. The lowest BCUT2D eigenvalue weighted by Crippen LogP contribution is -2.02. The van der Waals surface area contributed by atoms with E-state index in [1.54, 1.807) is 0 Å². The molecule has 2 rings (SSSR count). The summed E-state index contributed by atoms with van der Waals surface area (Å²) in [5, 5.41) is 25.0. The number of rotatable bonds is 5. The number of aromatic nitrogens is 2. The molecule has 0 aliphatic heterocycles. The fourth-order valence-electron chi connectivity index (χ4n) is 1.53. The van der Waals surface area contributed by atoms with Gasteiger partial charge in [0.15, 0.2) is 5.69 Å². The molecular weight excluding hydrogens is 280 g/mol. The molecule has 1 heterocycles. The van der Waals surface area contributed by atoms with Gasteiger partial charge in [-0.05, 0) is 17.1 Å². The summed E-state index contributed by atoms with van der Waals surface area (Å²) < 4.78 is 1.28. The Bertz CT molecular complexity index is 706. The van der Waals surface area contributed by atoms with Gasteiger partial charge in [0.2, 0.25) is 0 Å². The maximum absolute atomic E-state index is 10.6. The van der Waals surface area contributed by atoms with E-state index in [0.717, 1.165) is 0 Å². The summed E-state index contributed by atoms with van der Waals surface area (Å²) in [5.74, 6) is -0.285. The number of hydrazone groups is 1. The number of nitrogens with zero attached hydrogens (tertiary/aromatic N) is 5. The molecule has 0 unspecified atom stereocenters. The van der Waals surface area contributed by atoms with Crippen molar-refractivity contribution in [2.45, 2.75) is 0 Å². The first-order valence-corrected chi connectivity index (χ1v) is 5.68. The number of nitro groups is 2. The van der Waals surface area contributed by atoms with E-state index in [4.69, 9.17) is 0 Å². The van der Waals surface area contributed by atoms with Crippen LogP contribution in [0.25, 0.3) is 0 Å². The second-order valence-corrected chi connectivity index (χ2v) is 3.97. The first-order valence-electron chi connectivity index (χ1n) is 5.68. The lowest BCUT2D eigenvalue weighted by Gasteiger charge is -1.99. The van der Waals surface area contributed by atoms with Crippen LogP contribution in [-0.4, -0.2) is 25.6 Å². The van der Waals surface area contributed by atoms with Crippen molar-refractivity contribution >= 4 is 23.5 Å². The van der Waals surface area contributed by atoms with Gasteiger partial charge >= 0.3 is 5.95 Å². The Morgan fingerprint density at radius 2 is 1.90 bits per heavy atom. The van der Waals surface area contributed by atoms with Gasteiger partial charge < -0.3 is 10.1 Å². The van der Waals surface area contributed by atoms with E-state index in [2.05, 4.69) is 15.5 Å². The standard InChI is InChI=1S/C11H10N6O4/c1-15-10(6-12-11(15)17(20)21)7-13-14-8-2-4-9(5-3-8)16(18)19/h2-7,14H,1H3/b13-7+. The predicted molar refractivity (Wildman–Crippen MR) is 74.2 cm³/mol. The van der Waals surface area contributed by atoms with Crippen molar-refractivity contribution in [3.05, 3.63) is 56.4 Å². The van der Waals surface area contributed by atoms with E-state index >= 15 is 0 Å². The van der Waals surface area contributed by atoms with Crippen LogP contribution in [0.15, 0.2) is 35.6 Å². The van der Waals surface area contributed by atoms with Gasteiger partial charge in [-0.25, -0.2) is 4.57 Å². The van der Waals surface area contributed by atoms with Crippen LogP contribution in [0, 0.1) is 20.2 Å². The molecule has 1 aromatic carbocycles. The van der Waals surface area contributed by atoms with Crippen molar-refractivity contribution in [2.24, 2.45) is 12.1 Å². The number of non-ortho nitro benzene ring substituents is 1. The first-order chi connectivity index (χ1) is 9.99. The minimum atomic E-state index is -0.596. The van der Waals surface area contributed by atoms with Crippen LogP contribution in [-0.2, 0) is 7.05 Å². The summed E-state index contributed by atoms with van der Waals surface area (Å²) in [6.45, 7) is 0. The van der Waals surface area contributed by atoms with Gasteiger partial charge in [-0.3, -0.25) is 15.5 Å². The number of anilines is 1. The van der Waals surface area contributed by atoms with Crippen molar-refractivity contribution < 1.29 is 9.85 Å². The van der Waals surface area contributed by atoms with Crippen LogP contribution in [0.5, 0.6) is 0 Å². The van der Waals surface area contributed by atoms with E-state index < -0.39 is 9.85 Å². The highest BCUT2D eigenvalue weighted by Gasteiger charge is 2.15. The lowest BCUT2D eigenvalue weighted by atomic mass is 10.3. The summed E-state index contributed by atoms with van der Waals surface area (Å²) in [6.07, 6.45) is 2.68. The molecule has 0 aliphatic carbocycles. The molecule has 0 atom stereocenters. The number of nitro benzene ring substituents is 1. The van der Waals surface area contributed by atoms with Crippen LogP contribution in [0.3, 0.4) is 0 Å². The van der Waals surface area contributed by atoms with Crippen LogP contribution in [0.1, 0.15) is 5.69 Å². The third-order valence-corrected chi connectivity index (χ3v) is 2.63. The van der Waals surface area contributed by atoms with Crippen LogP contribution < -0.4 is 5.43 Å². The van der Waals surface area contributed by atoms with Gasteiger partial charge in [-0.2, -0.15) is 5.10 Å². The van der Waals surface area contributed by atoms with E-state index in [-0.39, 0.29) is 11.6 Å². The van der Waals surface area contributed by atoms with E-state index in [9.17, 15) is 20.2 Å². The molecule has 0 aliphatic rings. The molecule has 2 aromatic rings. The van der Waals surface area contributed by atoms with Gasteiger partial charge in [0, 0.05) is 12.1 Å². The molecule has 0 amide bonds. The van der Waals surface area contributed by atoms with Gasteiger partial charge in [-0.1, -0.05) is 4.98 Å². The topological polar surface area (TPSA) is 128 Å². The van der Waals surface area contributed by atoms with Crippen molar-refractivity contribution in [3.8, 4) is 0 Å². The fraction of sp³-hybridized carbons (Fsp3) is 0.0909. The van der Waals surface area contributed by atoms with Gasteiger partial charge in [-0.15, -0.1) is 0 Å². The first kappa shape index (κ1) is 14.1. The number of imidazole rings is 1. The summed E-state index contributed by atoms with van der Waals surface area (Å²) in [5.41, 5.74) is 3.63. The van der Waals surface area contributed by atoms with Crippen LogP contribution >= 0.6 is 0 Å². The predicted octanol–water partition coefficient (Wildman–Crippen LogP) is 1.68. The molecule has 1 N–H and O–H groups in total. The van der Waals surface area contributed by atoms with Crippen molar-refractivity contribution in [1.29, 1.82) is 0 Å². The average molecular weight is 290 g/mol. The Kier molecular flexibility index (Phi) is 3.88. The summed E-state index contributed by atoms with van der Waals surface area (Å²) in [7, 11) is 1.50. The van der Waals surface area contributed by atoms with Crippen LogP contribution in [0.2, 0.25) is 0 Å². The Morgan fingerprint density at radius 3 is 2.43 bits per heavy atom. The Morgan fingerprint density at radius 1 is 1.24 bits per heavy atom. The van der Waals surface area contributed by atoms with Gasteiger partial charge in [0.1, 0.15) is 6.20 Å². The number of nitrogens with one attached hydrogen (secondary N) is 1. The molecule has 0 fully saturated rings. The summed E-state index contributed by atoms with van der Waals surface area (Å²) >= 11 is 0. The second kappa shape index (κ2) is 5.77. The number of hydrogen-bond acceptors (Lipinski definition) is 7. The van der Waals surface area contributed by atoms with Crippen molar-refractivity contribution in [2.75, 3.05) is 5.43 Å². The normalized spacial score (nSPS) is 10.7. The maximum Gasteiger partial charge on any atom is 0.434 e. The monoisotopic (exact) mass is 290 g/mol. The molecule has 0 radical (unpaired) electrons. The number of hydrogen-bond donors (Lipinski definition) is 1. The van der Waals surface area contributed by atoms with Crippen molar-refractivity contribution in [1.82, 2.24) is 9.55 Å². The minimum absolute atomic E-state index is 0.0215. The largest absolute Gasteiger partial charge is 0.434 e. The SMILES string of the molecule is Cn1c(/C=N/Nc2ccc([N+](=O)[O-])cc2)cnc1[N+](=O)[O-]. The quantitative estimate of drug-likeness (QED) is 0.506. The lowest BCUT2D eigenvalue weighted by molar-refractivity contribution is -0.396. The fourth-order valence-corrected chi connectivity index (χ4v) is 1.53. The van der Waals surface area contributed by atoms with E-state index in [1.807, 2.05) is 0 Å². The Hall–Kier alpha value is -3.30. The molecular formula is C11H10N6O4. The summed E-state index contributed by atoms with van der Waals surface area (Å²) in [4.78, 5) is 23.7. The molecule has 10 nitrogen and oxygen atoms in total. The van der Waals surface area contributed by atoms with E-state index in [0.29, 0.717) is 11.4 Å². The smallest absolute Gasteiger partial charge is 0.390 e. The Labute approximate surface area is 118 Å². The molecule has 10 heteroatoms. The third kappa shape index (κ3) is 3.18. The zero-order valence-corrected chi connectivity index (χ0v) is 10.8. The van der Waals surface area contributed by atoms with Crippen molar-refractivity contribution in [3.63, 3.8) is 0 Å². The van der Waals surface area contributed by atoms with Gasteiger partial charge in [0.25, 0.3) is 5.69 Å². The van der Waals surface area contributed by atoms with E-state index in [1.165, 1.54) is 48.3 Å². The summed E-state index contributed by atoms with van der Waals surface area (Å²) in [6, 6.07) is 5.68. The molecule has 0 saturated heterocycles. The number of benzene rings is 1. The zero-order chi connectivity index (χ0) is 15.4. The second-order valence-electron chi connectivity index (χ2n) is 3.97. The third-order valence-electron chi connectivity index (χ3n) is 2.63. The zero-order valence-electron chi connectivity index (χ0n) is 10.8.